The molecule has 5 rings (SSSR count). The lowest BCUT2D eigenvalue weighted by molar-refractivity contribution is -0.118. The molecule has 1 unspecified atom stereocenters. The van der Waals surface area contributed by atoms with Gasteiger partial charge in [-0.2, -0.15) is 0 Å². The third-order valence-electron chi connectivity index (χ3n) is 7.01. The fourth-order valence-corrected chi connectivity index (χ4v) is 5.58. The first-order valence-corrected chi connectivity index (χ1v) is 14.5. The molecule has 1 N–H and O–H groups in total. The Bertz CT molecular complexity index is 1500. The molecule has 1 aliphatic heterocycles. The summed E-state index contributed by atoms with van der Waals surface area (Å²) in [5, 5.41) is 1.66. The highest BCUT2D eigenvalue weighted by Gasteiger charge is 2.31. The summed E-state index contributed by atoms with van der Waals surface area (Å²) in [5.74, 6) is 2.83. The van der Waals surface area contributed by atoms with E-state index in [-0.39, 0.29) is 16.4 Å². The van der Waals surface area contributed by atoms with Crippen LogP contribution < -0.4 is 19.7 Å². The molecule has 9 heteroatoms. The quantitative estimate of drug-likeness (QED) is 0.213. The zero-order valence-corrected chi connectivity index (χ0v) is 23.9. The van der Waals surface area contributed by atoms with E-state index in [1.165, 1.54) is 12.1 Å². The van der Waals surface area contributed by atoms with Crippen LogP contribution in [0.1, 0.15) is 38.1 Å². The molecule has 0 aliphatic carbocycles. The SMILES string of the molecule is CCCCN(CC)c1cccc(Oc2ccc3nc(COc4ccc(CC5SC(=O)NC5=O)cc4)n(C)c3c2)c1. The fourth-order valence-electron chi connectivity index (χ4n) is 4.72. The molecule has 0 spiro atoms. The average Bonchev–Trinajstić information content (AvgIpc) is 3.45. The molecule has 0 radical (unpaired) electrons. The van der Waals surface area contributed by atoms with Crippen molar-refractivity contribution < 1.29 is 19.1 Å². The van der Waals surface area contributed by atoms with Gasteiger partial charge in [-0.05, 0) is 61.7 Å². The number of benzene rings is 3. The topological polar surface area (TPSA) is 85.7 Å². The third-order valence-corrected chi connectivity index (χ3v) is 7.99. The summed E-state index contributed by atoms with van der Waals surface area (Å²) in [6.07, 6.45) is 2.83. The lowest BCUT2D eigenvalue weighted by atomic mass is 10.1. The Morgan fingerprint density at radius 1 is 1.00 bits per heavy atom. The van der Waals surface area contributed by atoms with Gasteiger partial charge in [-0.15, -0.1) is 0 Å². The molecule has 1 aromatic heterocycles. The number of nitrogens with one attached hydrogen (secondary N) is 1. The molecular weight excluding hydrogens is 524 g/mol. The predicted octanol–water partition coefficient (Wildman–Crippen LogP) is 6.47. The van der Waals surface area contributed by atoms with Gasteiger partial charge in [0.1, 0.15) is 29.7 Å². The first-order valence-electron chi connectivity index (χ1n) is 13.6. The number of imidazole rings is 1. The summed E-state index contributed by atoms with van der Waals surface area (Å²) in [4.78, 5) is 30.3. The number of amides is 2. The summed E-state index contributed by atoms with van der Waals surface area (Å²) < 4.78 is 14.3. The van der Waals surface area contributed by atoms with Gasteiger partial charge in [-0.25, -0.2) is 4.98 Å². The van der Waals surface area contributed by atoms with Crippen LogP contribution in [0.3, 0.4) is 0 Å². The number of ether oxygens (including phenoxy) is 2. The second-order valence-electron chi connectivity index (χ2n) is 9.79. The molecule has 40 heavy (non-hydrogen) atoms. The maximum Gasteiger partial charge on any atom is 0.286 e. The van der Waals surface area contributed by atoms with Crippen molar-refractivity contribution in [1.82, 2.24) is 14.9 Å². The van der Waals surface area contributed by atoms with Crippen LogP contribution in [-0.2, 0) is 24.9 Å². The van der Waals surface area contributed by atoms with Gasteiger partial charge in [0.15, 0.2) is 0 Å². The van der Waals surface area contributed by atoms with E-state index >= 15 is 0 Å². The van der Waals surface area contributed by atoms with E-state index in [0.717, 1.165) is 65.2 Å². The van der Waals surface area contributed by atoms with Gasteiger partial charge < -0.3 is 18.9 Å². The van der Waals surface area contributed by atoms with Crippen LogP contribution >= 0.6 is 11.8 Å². The summed E-state index contributed by atoms with van der Waals surface area (Å²) in [5.41, 5.74) is 3.97. The standard InChI is InChI=1S/C31H34N4O4S/c1-4-6-16-35(5-2)22-8-7-9-24(18-22)39-25-14-15-26-27(19-25)34(3)29(32-26)20-38-23-12-10-21(11-13-23)17-28-30(36)33-31(37)40-28/h7-15,18-19,28H,4-6,16-17,20H2,1-3H3,(H,33,36,37). The van der Waals surface area contributed by atoms with Crippen LogP contribution in [0.4, 0.5) is 10.5 Å². The van der Waals surface area contributed by atoms with Crippen molar-refractivity contribution in [3.05, 3.63) is 78.1 Å². The van der Waals surface area contributed by atoms with Crippen molar-refractivity contribution in [2.45, 2.75) is 45.0 Å². The Balaban J connectivity index is 1.23. The maximum absolute atomic E-state index is 11.8. The lowest BCUT2D eigenvalue weighted by Crippen LogP contribution is -2.25. The van der Waals surface area contributed by atoms with Crippen LogP contribution in [0, 0.1) is 0 Å². The monoisotopic (exact) mass is 558 g/mol. The van der Waals surface area contributed by atoms with E-state index in [1.807, 2.05) is 66.2 Å². The lowest BCUT2D eigenvalue weighted by Gasteiger charge is -2.23. The highest BCUT2D eigenvalue weighted by molar-refractivity contribution is 8.15. The molecule has 1 saturated heterocycles. The van der Waals surface area contributed by atoms with E-state index in [0.29, 0.717) is 18.8 Å². The van der Waals surface area contributed by atoms with Crippen molar-refractivity contribution >= 4 is 39.6 Å². The number of anilines is 1. The molecule has 1 aliphatic rings. The second-order valence-corrected chi connectivity index (χ2v) is 11.0. The van der Waals surface area contributed by atoms with Crippen molar-refractivity contribution in [2.75, 3.05) is 18.0 Å². The number of carbonyl (C=O) groups is 2. The van der Waals surface area contributed by atoms with Crippen LogP contribution in [0.25, 0.3) is 11.0 Å². The Morgan fingerprint density at radius 2 is 1.77 bits per heavy atom. The Kier molecular flexibility index (Phi) is 8.60. The normalized spacial score (nSPS) is 14.9. The number of thioether (sulfide) groups is 1. The van der Waals surface area contributed by atoms with Gasteiger partial charge in [0, 0.05) is 38.0 Å². The predicted molar refractivity (Wildman–Crippen MR) is 159 cm³/mol. The van der Waals surface area contributed by atoms with Gasteiger partial charge in [0.25, 0.3) is 5.24 Å². The van der Waals surface area contributed by atoms with Gasteiger partial charge in [-0.3, -0.25) is 14.9 Å². The van der Waals surface area contributed by atoms with E-state index in [2.05, 4.69) is 36.2 Å². The molecule has 1 fully saturated rings. The van der Waals surface area contributed by atoms with Crippen LogP contribution in [0.5, 0.6) is 17.2 Å². The smallest absolute Gasteiger partial charge is 0.286 e. The highest BCUT2D eigenvalue weighted by Crippen LogP contribution is 2.29. The molecule has 4 aromatic rings. The first kappa shape index (κ1) is 27.6. The first-order chi connectivity index (χ1) is 19.4. The number of unbranched alkanes of at least 4 members (excludes halogenated alkanes) is 1. The van der Waals surface area contributed by atoms with E-state index in [4.69, 9.17) is 14.5 Å². The number of hydrogen-bond donors (Lipinski definition) is 1. The zero-order valence-electron chi connectivity index (χ0n) is 23.1. The number of hydrogen-bond acceptors (Lipinski definition) is 7. The molecule has 2 heterocycles. The molecule has 0 saturated carbocycles. The number of imide groups is 1. The molecule has 8 nitrogen and oxygen atoms in total. The van der Waals surface area contributed by atoms with Crippen molar-refractivity contribution in [2.24, 2.45) is 7.05 Å². The summed E-state index contributed by atoms with van der Waals surface area (Å²) in [6.45, 7) is 6.69. The summed E-state index contributed by atoms with van der Waals surface area (Å²) >= 11 is 1.04. The Hall–Kier alpha value is -3.98. The molecule has 1 atom stereocenters. The van der Waals surface area contributed by atoms with Crippen LogP contribution in [0.15, 0.2) is 66.7 Å². The fraction of sp³-hybridized carbons (Fsp3) is 0.323. The molecule has 2 amide bonds. The average molecular weight is 559 g/mol. The van der Waals surface area contributed by atoms with E-state index < -0.39 is 0 Å². The number of nitrogens with zero attached hydrogens (tertiary/aromatic N) is 3. The molecular formula is C31H34N4O4S. The van der Waals surface area contributed by atoms with Crippen molar-refractivity contribution in [1.29, 1.82) is 0 Å². The van der Waals surface area contributed by atoms with Gasteiger partial charge >= 0.3 is 0 Å². The minimum Gasteiger partial charge on any atom is -0.486 e. The number of fused-ring (bicyclic) bond motifs is 1. The zero-order chi connectivity index (χ0) is 28.1. The maximum atomic E-state index is 11.8. The summed E-state index contributed by atoms with van der Waals surface area (Å²) in [6, 6.07) is 21.7. The van der Waals surface area contributed by atoms with E-state index in [1.54, 1.807) is 0 Å². The van der Waals surface area contributed by atoms with Gasteiger partial charge in [0.05, 0.1) is 16.3 Å². The number of rotatable bonds is 12. The van der Waals surface area contributed by atoms with Crippen LogP contribution in [0.2, 0.25) is 0 Å². The Labute approximate surface area is 238 Å². The largest absolute Gasteiger partial charge is 0.486 e. The van der Waals surface area contributed by atoms with Gasteiger partial charge in [0.2, 0.25) is 5.91 Å². The molecule has 3 aromatic carbocycles. The minimum atomic E-state index is -0.381. The third kappa shape index (κ3) is 6.42. The van der Waals surface area contributed by atoms with Crippen molar-refractivity contribution in [3.8, 4) is 17.2 Å². The Morgan fingerprint density at radius 3 is 2.50 bits per heavy atom. The molecule has 208 valence electrons. The highest BCUT2D eigenvalue weighted by atomic mass is 32.2. The van der Waals surface area contributed by atoms with Crippen LogP contribution in [-0.4, -0.2) is 39.0 Å². The van der Waals surface area contributed by atoms with Crippen molar-refractivity contribution in [3.63, 3.8) is 0 Å². The number of aromatic nitrogens is 2. The second kappa shape index (κ2) is 12.5. The number of carbonyl (C=O) groups excluding carboxylic acids is 2. The van der Waals surface area contributed by atoms with E-state index in [9.17, 15) is 9.59 Å². The number of aryl methyl sites for hydroxylation is 1. The van der Waals surface area contributed by atoms with Gasteiger partial charge in [-0.1, -0.05) is 43.3 Å². The summed E-state index contributed by atoms with van der Waals surface area (Å²) in [7, 11) is 1.97. The molecule has 0 bridgehead atoms. The minimum absolute atomic E-state index is 0.232.